The molecule has 1 aromatic carbocycles. The Balaban J connectivity index is 2.33. The highest BCUT2D eigenvalue weighted by Gasteiger charge is 2.17. The van der Waals surface area contributed by atoms with Gasteiger partial charge in [0.25, 0.3) is 0 Å². The third-order valence-electron chi connectivity index (χ3n) is 3.00. The van der Waals surface area contributed by atoms with E-state index in [0.717, 1.165) is 5.76 Å². The van der Waals surface area contributed by atoms with Crippen LogP contribution < -0.4 is 9.47 Å². The zero-order valence-corrected chi connectivity index (χ0v) is 12.8. The summed E-state index contributed by atoms with van der Waals surface area (Å²) in [6.45, 7) is 3.99. The van der Waals surface area contributed by atoms with Gasteiger partial charge in [0.2, 0.25) is 0 Å². The van der Waals surface area contributed by atoms with Crippen LogP contribution in [0.3, 0.4) is 0 Å². The van der Waals surface area contributed by atoms with Crippen molar-refractivity contribution in [2.24, 2.45) is 0 Å². The van der Waals surface area contributed by atoms with Crippen LogP contribution in [0.4, 0.5) is 0 Å². The number of aromatic hydroxyl groups is 1. The first-order valence-corrected chi connectivity index (χ1v) is 6.87. The van der Waals surface area contributed by atoms with Crippen LogP contribution in [0.5, 0.6) is 17.2 Å². The number of furan rings is 1. The first-order chi connectivity index (χ1) is 10.5. The van der Waals surface area contributed by atoms with Crippen LogP contribution in [0.25, 0.3) is 6.08 Å². The number of phenolic OH excluding ortho intramolecular Hbond substituents is 1. The molecular formula is C17H18O5. The highest BCUT2D eigenvalue weighted by atomic mass is 16.5. The van der Waals surface area contributed by atoms with E-state index in [0.29, 0.717) is 18.1 Å². The van der Waals surface area contributed by atoms with Gasteiger partial charge in [0.1, 0.15) is 34.3 Å². The summed E-state index contributed by atoms with van der Waals surface area (Å²) in [5.74, 6) is 1.46. The van der Waals surface area contributed by atoms with Crippen LogP contribution in [0.2, 0.25) is 0 Å². The molecule has 1 N–H and O–H groups in total. The Kier molecular flexibility index (Phi) is 4.88. The molecule has 0 saturated heterocycles. The number of rotatable bonds is 6. The van der Waals surface area contributed by atoms with Gasteiger partial charge < -0.3 is 19.0 Å². The van der Waals surface area contributed by atoms with E-state index >= 15 is 0 Å². The van der Waals surface area contributed by atoms with E-state index in [9.17, 15) is 9.90 Å². The molecule has 0 aliphatic carbocycles. The van der Waals surface area contributed by atoms with Gasteiger partial charge in [0.05, 0.1) is 13.7 Å². The molecule has 0 unspecified atom stereocenters. The number of carbonyl (C=O) groups excluding carboxylic acids is 1. The van der Waals surface area contributed by atoms with Gasteiger partial charge in [-0.2, -0.15) is 0 Å². The van der Waals surface area contributed by atoms with Gasteiger partial charge in [-0.1, -0.05) is 0 Å². The van der Waals surface area contributed by atoms with Gasteiger partial charge in [-0.25, -0.2) is 0 Å². The second kappa shape index (κ2) is 6.85. The number of benzene rings is 1. The van der Waals surface area contributed by atoms with Crippen molar-refractivity contribution in [3.05, 3.63) is 47.4 Å². The van der Waals surface area contributed by atoms with Gasteiger partial charge in [-0.3, -0.25) is 4.79 Å². The van der Waals surface area contributed by atoms with Crippen molar-refractivity contribution in [2.45, 2.75) is 13.8 Å². The van der Waals surface area contributed by atoms with Crippen molar-refractivity contribution in [3.8, 4) is 17.2 Å². The molecule has 5 nitrogen and oxygen atoms in total. The predicted molar refractivity (Wildman–Crippen MR) is 82.6 cm³/mol. The Bertz CT molecular complexity index is 697. The van der Waals surface area contributed by atoms with Gasteiger partial charge in [0, 0.05) is 12.1 Å². The lowest BCUT2D eigenvalue weighted by molar-refractivity contribution is 0.104. The molecule has 5 heteroatoms. The fourth-order valence-corrected chi connectivity index (χ4v) is 2.00. The van der Waals surface area contributed by atoms with E-state index < -0.39 is 0 Å². The van der Waals surface area contributed by atoms with Gasteiger partial charge in [-0.05, 0) is 38.1 Å². The van der Waals surface area contributed by atoms with E-state index in [1.165, 1.54) is 19.3 Å². The zero-order chi connectivity index (χ0) is 16.1. The summed E-state index contributed by atoms with van der Waals surface area (Å²) in [5, 5.41) is 10.1. The molecule has 22 heavy (non-hydrogen) atoms. The minimum Gasteiger partial charge on any atom is -0.507 e. The summed E-state index contributed by atoms with van der Waals surface area (Å²) in [6, 6.07) is 6.51. The van der Waals surface area contributed by atoms with Crippen LogP contribution in [-0.4, -0.2) is 24.6 Å². The fourth-order valence-electron chi connectivity index (χ4n) is 2.00. The topological polar surface area (TPSA) is 68.9 Å². The minimum atomic E-state index is -0.377. The molecule has 2 aromatic rings. The fraction of sp³-hybridized carbons (Fsp3) is 0.235. The molecule has 0 aliphatic rings. The first-order valence-electron chi connectivity index (χ1n) is 6.87. The first kappa shape index (κ1) is 15.7. The summed E-state index contributed by atoms with van der Waals surface area (Å²) in [6.07, 6.45) is 2.89. The molecular weight excluding hydrogens is 284 g/mol. The SMILES string of the molecule is CCOc1cc(OC)cc(O)c1C(=O)/C=C/c1ccc(C)o1. The highest BCUT2D eigenvalue weighted by Crippen LogP contribution is 2.34. The van der Waals surface area contributed by atoms with Crippen LogP contribution >= 0.6 is 0 Å². The lowest BCUT2D eigenvalue weighted by Crippen LogP contribution is -2.03. The van der Waals surface area contributed by atoms with Gasteiger partial charge >= 0.3 is 0 Å². The third kappa shape index (κ3) is 3.49. The molecule has 0 saturated carbocycles. The predicted octanol–water partition coefficient (Wildman–Crippen LogP) is 3.60. The summed E-state index contributed by atoms with van der Waals surface area (Å²) in [5.41, 5.74) is 0.0992. The van der Waals surface area contributed by atoms with Crippen molar-refractivity contribution in [1.29, 1.82) is 0 Å². The monoisotopic (exact) mass is 302 g/mol. The van der Waals surface area contributed by atoms with Crippen molar-refractivity contribution in [1.82, 2.24) is 0 Å². The van der Waals surface area contributed by atoms with Crippen molar-refractivity contribution >= 4 is 11.9 Å². The normalized spacial score (nSPS) is 10.9. The number of carbonyl (C=O) groups is 1. The second-order valence-corrected chi connectivity index (χ2v) is 4.60. The number of allylic oxidation sites excluding steroid dienone is 1. The quantitative estimate of drug-likeness (QED) is 0.652. The Morgan fingerprint density at radius 2 is 2.14 bits per heavy atom. The Morgan fingerprint density at radius 3 is 2.73 bits per heavy atom. The molecule has 0 radical (unpaired) electrons. The van der Waals surface area contributed by atoms with E-state index in [4.69, 9.17) is 13.9 Å². The zero-order valence-electron chi connectivity index (χ0n) is 12.8. The molecule has 0 spiro atoms. The molecule has 0 bridgehead atoms. The number of hydrogen-bond donors (Lipinski definition) is 1. The number of ether oxygens (including phenoxy) is 2. The van der Waals surface area contributed by atoms with Gasteiger partial charge in [-0.15, -0.1) is 0 Å². The van der Waals surface area contributed by atoms with Crippen LogP contribution in [0.15, 0.2) is 34.8 Å². The molecule has 1 heterocycles. The lowest BCUT2D eigenvalue weighted by atomic mass is 10.1. The molecule has 116 valence electrons. The number of phenols is 1. The smallest absolute Gasteiger partial charge is 0.193 e. The Morgan fingerprint density at radius 1 is 1.36 bits per heavy atom. The molecule has 0 amide bonds. The summed E-state index contributed by atoms with van der Waals surface area (Å²) in [7, 11) is 1.48. The standard InChI is InChI=1S/C17H18O5/c1-4-21-16-10-13(20-3)9-15(19)17(16)14(18)8-7-12-6-5-11(2)22-12/h5-10,19H,4H2,1-3H3/b8-7+. The molecule has 0 atom stereocenters. The van der Waals surface area contributed by atoms with Gasteiger partial charge in [0.15, 0.2) is 5.78 Å². The molecule has 1 aromatic heterocycles. The molecule has 2 rings (SSSR count). The van der Waals surface area contributed by atoms with E-state index in [-0.39, 0.29) is 22.8 Å². The van der Waals surface area contributed by atoms with Crippen molar-refractivity contribution in [3.63, 3.8) is 0 Å². The van der Waals surface area contributed by atoms with Crippen LogP contribution in [-0.2, 0) is 0 Å². The largest absolute Gasteiger partial charge is 0.507 e. The summed E-state index contributed by atoms with van der Waals surface area (Å²) >= 11 is 0. The maximum atomic E-state index is 12.3. The second-order valence-electron chi connectivity index (χ2n) is 4.60. The average Bonchev–Trinajstić information content (AvgIpc) is 2.90. The molecule has 0 fully saturated rings. The summed E-state index contributed by atoms with van der Waals surface area (Å²) in [4.78, 5) is 12.3. The number of hydrogen-bond acceptors (Lipinski definition) is 5. The van der Waals surface area contributed by atoms with E-state index in [1.807, 2.05) is 6.92 Å². The number of aryl methyl sites for hydroxylation is 1. The molecule has 0 aliphatic heterocycles. The maximum absolute atomic E-state index is 12.3. The lowest BCUT2D eigenvalue weighted by Gasteiger charge is -2.11. The van der Waals surface area contributed by atoms with Crippen molar-refractivity contribution < 1.29 is 23.8 Å². The summed E-state index contributed by atoms with van der Waals surface area (Å²) < 4.78 is 15.8. The van der Waals surface area contributed by atoms with Crippen molar-refractivity contribution in [2.75, 3.05) is 13.7 Å². The van der Waals surface area contributed by atoms with Crippen LogP contribution in [0, 0.1) is 6.92 Å². The third-order valence-corrected chi connectivity index (χ3v) is 3.00. The van der Waals surface area contributed by atoms with Crippen LogP contribution in [0.1, 0.15) is 28.8 Å². The maximum Gasteiger partial charge on any atom is 0.193 e. The van der Waals surface area contributed by atoms with E-state index in [1.54, 1.807) is 31.2 Å². The highest BCUT2D eigenvalue weighted by molar-refractivity contribution is 6.10. The number of methoxy groups -OCH3 is 1. The number of ketones is 1. The Hall–Kier alpha value is -2.69. The minimum absolute atomic E-state index is 0.0992. The Labute approximate surface area is 128 Å². The average molecular weight is 302 g/mol. The van der Waals surface area contributed by atoms with E-state index in [2.05, 4.69) is 0 Å².